The Morgan fingerprint density at radius 3 is 2.33 bits per heavy atom. The zero-order valence-electron chi connectivity index (χ0n) is 7.89. The summed E-state index contributed by atoms with van der Waals surface area (Å²) in [5.41, 5.74) is 0. The average Bonchev–Trinajstić information content (AvgIpc) is 2.32. The van der Waals surface area contributed by atoms with Crippen molar-refractivity contribution < 1.29 is 0 Å². The van der Waals surface area contributed by atoms with Crippen LogP contribution in [0.3, 0.4) is 0 Å². The molecule has 3 rings (SSSR count). The van der Waals surface area contributed by atoms with E-state index in [2.05, 4.69) is 36.4 Å². The number of hydrogen-bond donors (Lipinski definition) is 0. The highest BCUT2D eigenvalue weighted by atomic mass is 127. The molecule has 0 aromatic heterocycles. The van der Waals surface area contributed by atoms with E-state index in [-0.39, 0.29) is 0 Å². The maximum Gasteiger partial charge on any atom is 0.0197 e. The standard InChI is InChI=1S/C11H17I/c1-11(2,12)9-5-8-6-3-4-7(9)10(6)8/h6-10H,3-5H2,1-2H3. The zero-order valence-corrected chi connectivity index (χ0v) is 10.0. The van der Waals surface area contributed by atoms with Crippen molar-refractivity contribution in [3.63, 3.8) is 0 Å². The second-order valence-electron chi connectivity index (χ2n) is 5.55. The second-order valence-corrected chi connectivity index (χ2v) is 8.33. The molecule has 0 spiro atoms. The van der Waals surface area contributed by atoms with Crippen LogP contribution in [0.25, 0.3) is 0 Å². The monoisotopic (exact) mass is 276 g/mol. The van der Waals surface area contributed by atoms with Gasteiger partial charge in [0.25, 0.3) is 0 Å². The third-order valence-corrected chi connectivity index (χ3v) is 5.45. The molecule has 0 saturated heterocycles. The summed E-state index contributed by atoms with van der Waals surface area (Å²) in [6.45, 7) is 4.85. The molecular weight excluding hydrogens is 259 g/mol. The van der Waals surface area contributed by atoms with Gasteiger partial charge in [-0.3, -0.25) is 0 Å². The maximum atomic E-state index is 2.67. The molecule has 1 heteroatoms. The van der Waals surface area contributed by atoms with Crippen LogP contribution < -0.4 is 0 Å². The van der Waals surface area contributed by atoms with Crippen LogP contribution in [-0.4, -0.2) is 3.42 Å². The summed E-state index contributed by atoms with van der Waals surface area (Å²) in [4.78, 5) is 0. The molecule has 3 aliphatic rings. The Labute approximate surface area is 88.6 Å². The summed E-state index contributed by atoms with van der Waals surface area (Å²) in [6, 6.07) is 0. The first-order valence-electron chi connectivity index (χ1n) is 5.28. The molecule has 68 valence electrons. The lowest BCUT2D eigenvalue weighted by atomic mass is 9.83. The van der Waals surface area contributed by atoms with Crippen molar-refractivity contribution in [1.29, 1.82) is 0 Å². The van der Waals surface area contributed by atoms with Crippen molar-refractivity contribution in [2.45, 2.75) is 36.5 Å². The van der Waals surface area contributed by atoms with E-state index >= 15 is 0 Å². The van der Waals surface area contributed by atoms with E-state index in [1.807, 2.05) is 0 Å². The summed E-state index contributed by atoms with van der Waals surface area (Å²) >= 11 is 2.67. The molecule has 0 heterocycles. The first-order valence-corrected chi connectivity index (χ1v) is 6.36. The van der Waals surface area contributed by atoms with Gasteiger partial charge in [-0.15, -0.1) is 0 Å². The van der Waals surface area contributed by atoms with Gasteiger partial charge in [0.15, 0.2) is 0 Å². The quantitative estimate of drug-likeness (QED) is 0.508. The largest absolute Gasteiger partial charge is 0.0792 e. The van der Waals surface area contributed by atoms with Gasteiger partial charge in [-0.2, -0.15) is 0 Å². The van der Waals surface area contributed by atoms with Gasteiger partial charge in [0.2, 0.25) is 0 Å². The Bertz CT molecular complexity index is 216. The Hall–Kier alpha value is 0.730. The Morgan fingerprint density at radius 2 is 1.75 bits per heavy atom. The summed E-state index contributed by atoms with van der Waals surface area (Å²) in [5.74, 6) is 5.76. The maximum absolute atomic E-state index is 2.67. The molecule has 3 fully saturated rings. The van der Waals surface area contributed by atoms with Gasteiger partial charge < -0.3 is 0 Å². The highest BCUT2D eigenvalue weighted by Gasteiger charge is 2.66. The summed E-state index contributed by atoms with van der Waals surface area (Å²) in [6.07, 6.45) is 4.70. The van der Waals surface area contributed by atoms with Crippen LogP contribution >= 0.6 is 22.6 Å². The Morgan fingerprint density at radius 1 is 1.08 bits per heavy atom. The number of hydrogen-bond acceptors (Lipinski definition) is 0. The van der Waals surface area contributed by atoms with Gasteiger partial charge in [-0.1, -0.05) is 36.4 Å². The van der Waals surface area contributed by atoms with Crippen LogP contribution in [0.1, 0.15) is 33.1 Å². The van der Waals surface area contributed by atoms with E-state index in [4.69, 9.17) is 0 Å². The normalized spacial score (nSPS) is 55.8. The molecule has 0 aliphatic heterocycles. The van der Waals surface area contributed by atoms with Gasteiger partial charge in [-0.05, 0) is 48.9 Å². The predicted molar refractivity (Wildman–Crippen MR) is 59.4 cm³/mol. The molecule has 0 aromatic carbocycles. The van der Waals surface area contributed by atoms with Gasteiger partial charge in [-0.25, -0.2) is 0 Å². The molecule has 0 aromatic rings. The molecule has 12 heavy (non-hydrogen) atoms. The van der Waals surface area contributed by atoms with Crippen LogP contribution in [0.4, 0.5) is 0 Å². The predicted octanol–water partition coefficient (Wildman–Crippen LogP) is 3.49. The lowest BCUT2D eigenvalue weighted by molar-refractivity contribution is 0.309. The highest BCUT2D eigenvalue weighted by Crippen LogP contribution is 2.72. The first kappa shape index (κ1) is 8.07. The minimum absolute atomic E-state index is 0.560. The molecule has 0 N–H and O–H groups in total. The fraction of sp³-hybridized carbons (Fsp3) is 1.00. The van der Waals surface area contributed by atoms with Crippen molar-refractivity contribution in [2.75, 3.05) is 0 Å². The van der Waals surface area contributed by atoms with Crippen LogP contribution in [0.5, 0.6) is 0 Å². The topological polar surface area (TPSA) is 0 Å². The SMILES string of the molecule is CC(C)(I)C1CC2C3CCC1C32. The molecule has 3 saturated carbocycles. The lowest BCUT2D eigenvalue weighted by Gasteiger charge is -2.30. The van der Waals surface area contributed by atoms with Gasteiger partial charge >= 0.3 is 0 Å². The smallest absolute Gasteiger partial charge is 0.0197 e. The molecule has 5 unspecified atom stereocenters. The van der Waals surface area contributed by atoms with Crippen molar-refractivity contribution in [2.24, 2.45) is 29.6 Å². The first-order chi connectivity index (χ1) is 5.59. The molecule has 0 amide bonds. The second kappa shape index (κ2) is 2.21. The number of fused-ring (bicyclic) bond motifs is 1. The van der Waals surface area contributed by atoms with E-state index in [1.54, 1.807) is 19.3 Å². The van der Waals surface area contributed by atoms with E-state index in [9.17, 15) is 0 Å². The van der Waals surface area contributed by atoms with Crippen molar-refractivity contribution >= 4 is 22.6 Å². The number of halogens is 1. The molecular formula is C11H17I. The van der Waals surface area contributed by atoms with Gasteiger partial charge in [0.1, 0.15) is 0 Å². The van der Waals surface area contributed by atoms with E-state index in [1.165, 1.54) is 17.8 Å². The van der Waals surface area contributed by atoms with Crippen molar-refractivity contribution in [3.05, 3.63) is 0 Å². The molecule has 3 aliphatic carbocycles. The summed E-state index contributed by atoms with van der Waals surface area (Å²) in [5, 5.41) is 0. The van der Waals surface area contributed by atoms with E-state index in [0.717, 1.165) is 11.8 Å². The molecule has 0 nitrogen and oxygen atoms in total. The van der Waals surface area contributed by atoms with Crippen molar-refractivity contribution in [3.8, 4) is 0 Å². The van der Waals surface area contributed by atoms with Crippen molar-refractivity contribution in [1.82, 2.24) is 0 Å². The fourth-order valence-corrected chi connectivity index (χ4v) is 4.87. The average molecular weight is 276 g/mol. The zero-order chi connectivity index (χ0) is 8.51. The highest BCUT2D eigenvalue weighted by molar-refractivity contribution is 14.1. The minimum Gasteiger partial charge on any atom is -0.0792 e. The van der Waals surface area contributed by atoms with E-state index in [0.29, 0.717) is 3.42 Å². The van der Waals surface area contributed by atoms with Crippen LogP contribution in [0.2, 0.25) is 0 Å². The molecule has 0 radical (unpaired) electrons. The van der Waals surface area contributed by atoms with Crippen LogP contribution in [0, 0.1) is 29.6 Å². The van der Waals surface area contributed by atoms with Gasteiger partial charge in [0, 0.05) is 3.42 Å². The minimum atomic E-state index is 0.560. The third-order valence-electron chi connectivity index (χ3n) is 4.65. The fourth-order valence-electron chi connectivity index (χ4n) is 4.15. The molecule has 0 bridgehead atoms. The summed E-state index contributed by atoms with van der Waals surface area (Å²) in [7, 11) is 0. The number of alkyl halides is 1. The summed E-state index contributed by atoms with van der Waals surface area (Å²) < 4.78 is 0.560. The Kier molecular flexibility index (Phi) is 1.49. The van der Waals surface area contributed by atoms with Gasteiger partial charge in [0.05, 0.1) is 0 Å². The lowest BCUT2D eigenvalue weighted by Crippen LogP contribution is -2.28. The third kappa shape index (κ3) is 0.893. The van der Waals surface area contributed by atoms with Crippen LogP contribution in [-0.2, 0) is 0 Å². The van der Waals surface area contributed by atoms with E-state index < -0.39 is 0 Å². The Balaban J connectivity index is 1.84. The number of rotatable bonds is 1. The molecule has 5 atom stereocenters. The van der Waals surface area contributed by atoms with Crippen LogP contribution in [0.15, 0.2) is 0 Å².